The second-order valence-electron chi connectivity index (χ2n) is 9.88. The molecule has 2 aromatic carbocycles. The first-order chi connectivity index (χ1) is 20.8. The third-order valence-electron chi connectivity index (χ3n) is 6.65. The maximum Gasteiger partial charge on any atom is 0.266 e. The molecule has 220 valence electrons. The van der Waals surface area contributed by atoms with Crippen LogP contribution in [0.2, 0.25) is 0 Å². The standard InChI is InChI=1S/C31H28N4O6S2/c36-28(31-35-24-8-4-5-9-27(24)41-31)25(11-10-21-6-2-1-3-7-21)33-30(38)26(34-29(37)23-12-15-32-16-13-23)20-43(39,40)19-22-14-17-42-18-22/h1-9,12-18,25-26H,10-11,19-20H2,(H,33,38)(H,34,37)/t25-,26-/m0/s1. The first-order valence-electron chi connectivity index (χ1n) is 13.4. The van der Waals surface area contributed by atoms with Crippen molar-refractivity contribution < 1.29 is 27.2 Å². The number of Topliss-reactive ketones (excluding diaryl/α,β-unsaturated/α-hetero) is 1. The third kappa shape index (κ3) is 7.99. The number of carbonyl (C=O) groups is 3. The molecule has 0 spiro atoms. The van der Waals surface area contributed by atoms with Gasteiger partial charge in [-0.1, -0.05) is 42.5 Å². The van der Waals surface area contributed by atoms with Crippen LogP contribution in [0.4, 0.5) is 0 Å². The molecule has 2 amide bonds. The summed E-state index contributed by atoms with van der Waals surface area (Å²) >= 11 is 1.36. The van der Waals surface area contributed by atoms with E-state index in [1.807, 2.05) is 30.3 Å². The molecule has 0 bridgehead atoms. The molecule has 0 aliphatic heterocycles. The highest BCUT2D eigenvalue weighted by Crippen LogP contribution is 2.18. The zero-order valence-corrected chi connectivity index (χ0v) is 24.5. The van der Waals surface area contributed by atoms with Crippen LogP contribution in [0.3, 0.4) is 0 Å². The fraction of sp³-hybridized carbons (Fsp3) is 0.194. The summed E-state index contributed by atoms with van der Waals surface area (Å²) in [5, 5.41) is 8.70. The van der Waals surface area contributed by atoms with E-state index < -0.39 is 45.3 Å². The molecular formula is C31H28N4O6S2. The fourth-order valence-electron chi connectivity index (χ4n) is 4.49. The van der Waals surface area contributed by atoms with Gasteiger partial charge in [0.2, 0.25) is 11.7 Å². The van der Waals surface area contributed by atoms with Gasteiger partial charge in [-0.2, -0.15) is 11.3 Å². The summed E-state index contributed by atoms with van der Waals surface area (Å²) < 4.78 is 32.0. The lowest BCUT2D eigenvalue weighted by molar-refractivity contribution is -0.123. The number of aryl methyl sites for hydroxylation is 1. The minimum atomic E-state index is -3.85. The van der Waals surface area contributed by atoms with Crippen LogP contribution in [0, 0.1) is 0 Å². The number of carbonyl (C=O) groups excluding carboxylic acids is 3. The summed E-state index contributed by atoms with van der Waals surface area (Å²) in [5.41, 5.74) is 2.62. The van der Waals surface area contributed by atoms with Gasteiger partial charge in [-0.25, -0.2) is 13.4 Å². The van der Waals surface area contributed by atoms with Crippen molar-refractivity contribution in [3.05, 3.63) is 119 Å². The van der Waals surface area contributed by atoms with Crippen molar-refractivity contribution in [3.63, 3.8) is 0 Å². The van der Waals surface area contributed by atoms with Gasteiger partial charge in [0.05, 0.1) is 17.5 Å². The SMILES string of the molecule is O=C(N[C@@H](CS(=O)(=O)Cc1ccsc1)C(=O)N[C@@H](CCc1ccccc1)C(=O)c1nc2ccccc2o1)c1ccncc1. The number of nitrogens with zero attached hydrogens (tertiary/aromatic N) is 2. The number of sulfone groups is 1. The largest absolute Gasteiger partial charge is 0.434 e. The van der Waals surface area contributed by atoms with Crippen molar-refractivity contribution in [3.8, 4) is 0 Å². The number of pyridine rings is 1. The average molecular weight is 617 g/mol. The predicted octanol–water partition coefficient (Wildman–Crippen LogP) is 4.00. The monoisotopic (exact) mass is 616 g/mol. The van der Waals surface area contributed by atoms with Gasteiger partial charge in [0.1, 0.15) is 11.6 Å². The lowest BCUT2D eigenvalue weighted by atomic mass is 10.0. The van der Waals surface area contributed by atoms with Crippen molar-refractivity contribution in [1.82, 2.24) is 20.6 Å². The van der Waals surface area contributed by atoms with Crippen molar-refractivity contribution in [2.24, 2.45) is 0 Å². The van der Waals surface area contributed by atoms with Crippen LogP contribution in [0.1, 0.15) is 38.6 Å². The van der Waals surface area contributed by atoms with E-state index in [2.05, 4.69) is 20.6 Å². The van der Waals surface area contributed by atoms with Gasteiger partial charge in [0.15, 0.2) is 15.4 Å². The van der Waals surface area contributed by atoms with Crippen LogP contribution in [0.5, 0.6) is 0 Å². The van der Waals surface area contributed by atoms with Crippen LogP contribution in [0.15, 0.2) is 100 Å². The van der Waals surface area contributed by atoms with E-state index in [9.17, 15) is 22.8 Å². The molecular weight excluding hydrogens is 588 g/mol. The number of oxazole rings is 1. The molecule has 12 heteroatoms. The van der Waals surface area contributed by atoms with Gasteiger partial charge in [-0.3, -0.25) is 19.4 Å². The number of fused-ring (bicyclic) bond motifs is 1. The molecule has 3 aromatic heterocycles. The molecule has 0 aliphatic carbocycles. The molecule has 0 unspecified atom stereocenters. The van der Waals surface area contributed by atoms with Crippen molar-refractivity contribution in [2.45, 2.75) is 30.7 Å². The van der Waals surface area contributed by atoms with E-state index in [-0.39, 0.29) is 23.6 Å². The van der Waals surface area contributed by atoms with Crippen LogP contribution in [-0.2, 0) is 26.8 Å². The zero-order valence-electron chi connectivity index (χ0n) is 22.9. The van der Waals surface area contributed by atoms with Crippen LogP contribution in [-0.4, -0.2) is 53.8 Å². The second kappa shape index (κ2) is 13.5. The van der Waals surface area contributed by atoms with E-state index in [1.54, 1.807) is 41.1 Å². The van der Waals surface area contributed by atoms with Gasteiger partial charge >= 0.3 is 0 Å². The number of benzene rings is 2. The second-order valence-corrected chi connectivity index (χ2v) is 12.8. The summed E-state index contributed by atoms with van der Waals surface area (Å²) in [4.78, 5) is 48.6. The number of hydrogen-bond acceptors (Lipinski definition) is 9. The van der Waals surface area contributed by atoms with E-state index in [4.69, 9.17) is 4.42 Å². The summed E-state index contributed by atoms with van der Waals surface area (Å²) in [6.45, 7) is 0. The highest BCUT2D eigenvalue weighted by atomic mass is 32.2. The molecule has 2 atom stereocenters. The Morgan fingerprint density at radius 3 is 2.33 bits per heavy atom. The van der Waals surface area contributed by atoms with Crippen molar-refractivity contribution in [1.29, 1.82) is 0 Å². The summed E-state index contributed by atoms with van der Waals surface area (Å²) in [5.74, 6) is -3.19. The van der Waals surface area contributed by atoms with Gasteiger partial charge in [-0.05, 0) is 65.1 Å². The quantitative estimate of drug-likeness (QED) is 0.189. The smallest absolute Gasteiger partial charge is 0.266 e. The Kier molecular flexibility index (Phi) is 9.38. The Morgan fingerprint density at radius 1 is 0.860 bits per heavy atom. The Bertz CT molecular complexity index is 1770. The summed E-state index contributed by atoms with van der Waals surface area (Å²) in [6.07, 6.45) is 3.44. The number of ketones is 1. The normalized spacial score (nSPS) is 12.8. The molecule has 0 aliphatic rings. The Morgan fingerprint density at radius 2 is 1.60 bits per heavy atom. The van der Waals surface area contributed by atoms with E-state index >= 15 is 0 Å². The van der Waals surface area contributed by atoms with Crippen LogP contribution >= 0.6 is 11.3 Å². The minimum Gasteiger partial charge on any atom is -0.434 e. The van der Waals surface area contributed by atoms with Crippen molar-refractivity contribution >= 4 is 49.9 Å². The molecule has 5 aromatic rings. The molecule has 43 heavy (non-hydrogen) atoms. The lowest BCUT2D eigenvalue weighted by Crippen LogP contribution is -2.54. The number of nitrogens with one attached hydrogen (secondary N) is 2. The first kappa shape index (κ1) is 29.8. The van der Waals surface area contributed by atoms with Gasteiger partial charge in [-0.15, -0.1) is 0 Å². The predicted molar refractivity (Wildman–Crippen MR) is 162 cm³/mol. The highest BCUT2D eigenvalue weighted by Gasteiger charge is 2.33. The van der Waals surface area contributed by atoms with Gasteiger partial charge < -0.3 is 15.1 Å². The first-order valence-corrected chi connectivity index (χ1v) is 16.2. The fourth-order valence-corrected chi connectivity index (χ4v) is 6.81. The Hall–Kier alpha value is -4.68. The molecule has 0 saturated carbocycles. The number of aromatic nitrogens is 2. The molecule has 5 rings (SSSR count). The van der Waals surface area contributed by atoms with Crippen molar-refractivity contribution in [2.75, 3.05) is 5.75 Å². The number of para-hydroxylation sites is 2. The lowest BCUT2D eigenvalue weighted by Gasteiger charge is -2.22. The molecule has 0 saturated heterocycles. The zero-order chi connectivity index (χ0) is 30.2. The Balaban J connectivity index is 1.40. The average Bonchev–Trinajstić information content (AvgIpc) is 3.69. The Labute approximate surface area is 252 Å². The minimum absolute atomic E-state index is 0.179. The molecule has 2 N–H and O–H groups in total. The van der Waals surface area contributed by atoms with Crippen LogP contribution < -0.4 is 10.6 Å². The number of rotatable bonds is 13. The molecule has 3 heterocycles. The topological polar surface area (TPSA) is 148 Å². The van der Waals surface area contributed by atoms with Gasteiger partial charge in [0, 0.05) is 18.0 Å². The van der Waals surface area contributed by atoms with Gasteiger partial charge in [0.25, 0.3) is 11.8 Å². The molecule has 0 radical (unpaired) electrons. The number of thiophene rings is 1. The van der Waals surface area contributed by atoms with E-state index in [0.29, 0.717) is 23.1 Å². The molecule has 10 nitrogen and oxygen atoms in total. The van der Waals surface area contributed by atoms with E-state index in [0.717, 1.165) is 5.56 Å². The number of amides is 2. The number of hydrogen-bond donors (Lipinski definition) is 2. The summed E-state index contributed by atoms with van der Waals surface area (Å²) in [6, 6.07) is 18.3. The maximum atomic E-state index is 13.7. The summed E-state index contributed by atoms with van der Waals surface area (Å²) in [7, 11) is -3.85. The highest BCUT2D eigenvalue weighted by molar-refractivity contribution is 7.90. The van der Waals surface area contributed by atoms with Crippen LogP contribution in [0.25, 0.3) is 11.1 Å². The molecule has 0 fully saturated rings. The maximum absolute atomic E-state index is 13.7. The third-order valence-corrected chi connectivity index (χ3v) is 9.00. The van der Waals surface area contributed by atoms with E-state index in [1.165, 1.54) is 35.9 Å².